The zero-order valence-corrected chi connectivity index (χ0v) is 11.0. The lowest BCUT2D eigenvalue weighted by molar-refractivity contribution is 0.772. The Labute approximate surface area is 101 Å². The predicted octanol–water partition coefficient (Wildman–Crippen LogP) is 4.01. The Bertz CT molecular complexity index is 282. The van der Waals surface area contributed by atoms with Crippen LogP contribution in [0.2, 0.25) is 0 Å². The smallest absolute Gasteiger partial charge is 0.00145 e. The molecule has 0 unspecified atom stereocenters. The molecule has 0 spiro atoms. The number of hydrogen-bond acceptors (Lipinski definition) is 1. The fraction of sp³-hybridized carbons (Fsp3) is 0.467. The van der Waals surface area contributed by atoms with Crippen molar-refractivity contribution in [2.24, 2.45) is 0 Å². The second-order valence-corrected chi connectivity index (χ2v) is 4.08. The summed E-state index contributed by atoms with van der Waals surface area (Å²) < 4.78 is 0. The van der Waals surface area contributed by atoms with Gasteiger partial charge in [0.15, 0.2) is 0 Å². The molecular weight excluding hydrogens is 194 g/mol. The fourth-order valence-electron chi connectivity index (χ4n) is 1.39. The third kappa shape index (κ3) is 6.41. The van der Waals surface area contributed by atoms with Gasteiger partial charge in [-0.3, -0.25) is 0 Å². The minimum absolute atomic E-state index is 0.988. The molecule has 0 aliphatic carbocycles. The van der Waals surface area contributed by atoms with Gasteiger partial charge in [0.2, 0.25) is 0 Å². The molecule has 1 N–H and O–H groups in total. The molecule has 0 amide bonds. The molecule has 0 aromatic carbocycles. The van der Waals surface area contributed by atoms with Gasteiger partial charge in [0, 0.05) is 0 Å². The SMILES string of the molecule is C=CC/C(=C\C/C(C)=C(\C)C=C)CCNC. The van der Waals surface area contributed by atoms with Crippen LogP contribution in [0, 0.1) is 0 Å². The average Bonchev–Trinajstić information content (AvgIpc) is 2.31. The molecule has 0 radical (unpaired) electrons. The van der Waals surface area contributed by atoms with Crippen LogP contribution in [0.25, 0.3) is 0 Å². The first-order chi connectivity index (χ1) is 7.65. The first-order valence-electron chi connectivity index (χ1n) is 5.87. The van der Waals surface area contributed by atoms with Gasteiger partial charge in [0.25, 0.3) is 0 Å². The van der Waals surface area contributed by atoms with Gasteiger partial charge in [-0.1, -0.05) is 41.5 Å². The minimum Gasteiger partial charge on any atom is -0.319 e. The molecule has 90 valence electrons. The quantitative estimate of drug-likeness (QED) is 0.480. The predicted molar refractivity (Wildman–Crippen MR) is 74.6 cm³/mol. The molecular formula is C15H25N. The summed E-state index contributed by atoms with van der Waals surface area (Å²) in [5.41, 5.74) is 4.13. The van der Waals surface area contributed by atoms with Crippen LogP contribution in [0.5, 0.6) is 0 Å². The zero-order valence-electron chi connectivity index (χ0n) is 11.0. The minimum atomic E-state index is 0.988. The molecule has 1 nitrogen and oxygen atoms in total. The third-order valence-electron chi connectivity index (χ3n) is 2.78. The van der Waals surface area contributed by atoms with Crippen molar-refractivity contribution in [3.63, 3.8) is 0 Å². The molecule has 1 heteroatoms. The summed E-state index contributed by atoms with van der Waals surface area (Å²) in [6.07, 6.45) is 9.32. The normalized spacial score (nSPS) is 13.3. The van der Waals surface area contributed by atoms with E-state index < -0.39 is 0 Å². The van der Waals surface area contributed by atoms with Gasteiger partial charge >= 0.3 is 0 Å². The third-order valence-corrected chi connectivity index (χ3v) is 2.78. The van der Waals surface area contributed by atoms with Crippen molar-refractivity contribution < 1.29 is 0 Å². The van der Waals surface area contributed by atoms with E-state index in [9.17, 15) is 0 Å². The topological polar surface area (TPSA) is 12.0 Å². The van der Waals surface area contributed by atoms with Crippen LogP contribution < -0.4 is 5.32 Å². The van der Waals surface area contributed by atoms with Crippen molar-refractivity contribution in [1.29, 1.82) is 0 Å². The Morgan fingerprint density at radius 1 is 1.19 bits per heavy atom. The van der Waals surface area contributed by atoms with Gasteiger partial charge in [-0.25, -0.2) is 0 Å². The lowest BCUT2D eigenvalue weighted by Crippen LogP contribution is -2.08. The lowest BCUT2D eigenvalue weighted by atomic mass is 10.0. The second kappa shape index (κ2) is 9.17. The van der Waals surface area contributed by atoms with Crippen LogP contribution in [-0.4, -0.2) is 13.6 Å². The molecule has 0 saturated carbocycles. The second-order valence-electron chi connectivity index (χ2n) is 4.08. The van der Waals surface area contributed by atoms with Crippen LogP contribution in [0.15, 0.2) is 48.1 Å². The molecule has 0 atom stereocenters. The molecule has 0 aromatic heterocycles. The highest BCUT2D eigenvalue weighted by molar-refractivity contribution is 5.23. The van der Waals surface area contributed by atoms with E-state index in [0.29, 0.717) is 0 Å². The Kier molecular flexibility index (Phi) is 8.55. The summed E-state index contributed by atoms with van der Waals surface area (Å²) in [5.74, 6) is 0. The maximum Gasteiger partial charge on any atom is -0.00145 e. The molecule has 0 saturated heterocycles. The first kappa shape index (κ1) is 14.9. The number of nitrogens with one attached hydrogen (secondary N) is 1. The Morgan fingerprint density at radius 3 is 2.38 bits per heavy atom. The van der Waals surface area contributed by atoms with E-state index in [0.717, 1.165) is 25.8 Å². The summed E-state index contributed by atoms with van der Waals surface area (Å²) in [7, 11) is 1.98. The monoisotopic (exact) mass is 219 g/mol. The van der Waals surface area contributed by atoms with Crippen molar-refractivity contribution in [3.8, 4) is 0 Å². The Morgan fingerprint density at radius 2 is 1.88 bits per heavy atom. The highest BCUT2D eigenvalue weighted by Gasteiger charge is 1.96. The maximum absolute atomic E-state index is 3.80. The van der Waals surface area contributed by atoms with Gasteiger partial charge in [-0.05, 0) is 46.7 Å². The van der Waals surface area contributed by atoms with Gasteiger partial charge < -0.3 is 5.32 Å². The lowest BCUT2D eigenvalue weighted by Gasteiger charge is -2.06. The molecule has 0 aliphatic heterocycles. The summed E-state index contributed by atoms with van der Waals surface area (Å²) in [6, 6.07) is 0. The van der Waals surface area contributed by atoms with Crippen LogP contribution in [0.1, 0.15) is 33.1 Å². The van der Waals surface area contributed by atoms with Crippen molar-refractivity contribution in [1.82, 2.24) is 5.32 Å². The van der Waals surface area contributed by atoms with Crippen LogP contribution in [0.3, 0.4) is 0 Å². The maximum atomic E-state index is 3.80. The number of allylic oxidation sites excluding steroid dienone is 5. The van der Waals surface area contributed by atoms with Gasteiger partial charge in [-0.15, -0.1) is 6.58 Å². The molecule has 0 heterocycles. The first-order valence-corrected chi connectivity index (χ1v) is 5.87. The molecule has 0 rings (SSSR count). The standard InChI is InChI=1S/C15H25N/c1-6-8-15(11-12-16-5)10-9-14(4)13(3)7-2/h6-7,10,16H,1-2,8-9,11-12H2,3-5H3/b14-13+,15-10+. The van der Waals surface area contributed by atoms with E-state index in [4.69, 9.17) is 0 Å². The average molecular weight is 219 g/mol. The number of rotatable bonds is 8. The van der Waals surface area contributed by atoms with E-state index in [1.807, 2.05) is 19.2 Å². The van der Waals surface area contributed by atoms with E-state index in [1.54, 1.807) is 0 Å². The summed E-state index contributed by atoms with van der Waals surface area (Å²) >= 11 is 0. The van der Waals surface area contributed by atoms with E-state index in [-0.39, 0.29) is 0 Å². The Balaban J connectivity index is 4.42. The van der Waals surface area contributed by atoms with Crippen molar-refractivity contribution in [2.75, 3.05) is 13.6 Å². The van der Waals surface area contributed by atoms with Crippen molar-refractivity contribution >= 4 is 0 Å². The van der Waals surface area contributed by atoms with E-state index >= 15 is 0 Å². The van der Waals surface area contributed by atoms with Crippen LogP contribution in [0.4, 0.5) is 0 Å². The number of hydrogen-bond donors (Lipinski definition) is 1. The fourth-order valence-corrected chi connectivity index (χ4v) is 1.39. The molecule has 0 fully saturated rings. The van der Waals surface area contributed by atoms with Crippen LogP contribution in [-0.2, 0) is 0 Å². The summed E-state index contributed by atoms with van der Waals surface area (Å²) in [5, 5.41) is 3.17. The molecule has 16 heavy (non-hydrogen) atoms. The van der Waals surface area contributed by atoms with Crippen molar-refractivity contribution in [2.45, 2.75) is 33.1 Å². The Hall–Kier alpha value is -1.08. The highest BCUT2D eigenvalue weighted by atomic mass is 14.8. The molecule has 0 aliphatic rings. The van der Waals surface area contributed by atoms with Crippen LogP contribution >= 0.6 is 0 Å². The molecule has 0 aromatic rings. The molecule has 0 bridgehead atoms. The van der Waals surface area contributed by atoms with Gasteiger partial charge in [-0.2, -0.15) is 0 Å². The summed E-state index contributed by atoms with van der Waals surface area (Å²) in [4.78, 5) is 0. The summed E-state index contributed by atoms with van der Waals surface area (Å²) in [6.45, 7) is 12.9. The zero-order chi connectivity index (χ0) is 12.4. The van der Waals surface area contributed by atoms with Gasteiger partial charge in [0.05, 0.1) is 0 Å². The van der Waals surface area contributed by atoms with E-state index in [1.165, 1.54) is 16.7 Å². The highest BCUT2D eigenvalue weighted by Crippen LogP contribution is 2.14. The van der Waals surface area contributed by atoms with Crippen molar-refractivity contribution in [3.05, 3.63) is 48.1 Å². The largest absolute Gasteiger partial charge is 0.319 e. The van der Waals surface area contributed by atoms with E-state index in [2.05, 4.69) is 38.4 Å². The van der Waals surface area contributed by atoms with Gasteiger partial charge in [0.1, 0.15) is 0 Å².